The minimum atomic E-state index is -0.504. The van der Waals surface area contributed by atoms with E-state index in [1.165, 1.54) is 0 Å². The van der Waals surface area contributed by atoms with E-state index in [4.69, 9.17) is 9.47 Å². The minimum absolute atomic E-state index is 0.149. The number of likely N-dealkylation sites (tertiary alicyclic amines) is 1. The summed E-state index contributed by atoms with van der Waals surface area (Å²) in [5.74, 6) is 1.19. The highest BCUT2D eigenvalue weighted by Gasteiger charge is 2.33. The molecule has 2 aliphatic heterocycles. The molecular formula is C15H26N2O4S. The van der Waals surface area contributed by atoms with Crippen LogP contribution in [0.25, 0.3) is 0 Å². The lowest BCUT2D eigenvalue weighted by Crippen LogP contribution is -2.51. The number of morpholine rings is 1. The Kier molecular flexibility index (Phi) is 5.60. The van der Waals surface area contributed by atoms with Gasteiger partial charge in [0.25, 0.3) is 0 Å². The van der Waals surface area contributed by atoms with Gasteiger partial charge in [0, 0.05) is 26.1 Å². The molecule has 22 heavy (non-hydrogen) atoms. The van der Waals surface area contributed by atoms with Gasteiger partial charge in [-0.05, 0) is 32.4 Å². The average Bonchev–Trinajstić information content (AvgIpc) is 2.78. The average molecular weight is 330 g/mol. The fourth-order valence-electron chi connectivity index (χ4n) is 2.72. The van der Waals surface area contributed by atoms with E-state index in [-0.39, 0.29) is 18.1 Å². The molecule has 2 rings (SSSR count). The molecule has 0 saturated carbocycles. The maximum absolute atomic E-state index is 12.1. The number of hydrogen-bond donors (Lipinski definition) is 1. The molecule has 6 nitrogen and oxygen atoms in total. The van der Waals surface area contributed by atoms with Crippen LogP contribution in [0, 0.1) is 5.92 Å². The summed E-state index contributed by atoms with van der Waals surface area (Å²) in [6.07, 6.45) is 0.0945. The number of carbonyl (C=O) groups excluding carboxylic acids is 2. The molecule has 2 fully saturated rings. The van der Waals surface area contributed by atoms with Crippen LogP contribution in [0.5, 0.6) is 0 Å². The largest absolute Gasteiger partial charge is 0.444 e. The van der Waals surface area contributed by atoms with Crippen LogP contribution in [0.1, 0.15) is 27.2 Å². The predicted octanol–water partition coefficient (Wildman–Crippen LogP) is 1.40. The van der Waals surface area contributed by atoms with E-state index in [0.717, 1.165) is 12.3 Å². The minimum Gasteiger partial charge on any atom is -0.444 e. The van der Waals surface area contributed by atoms with Crippen molar-refractivity contribution >= 4 is 24.6 Å². The maximum atomic E-state index is 12.1. The highest BCUT2D eigenvalue weighted by Crippen LogP contribution is 2.20. The molecule has 0 aromatic heterocycles. The van der Waals surface area contributed by atoms with Crippen molar-refractivity contribution in [3.63, 3.8) is 0 Å². The van der Waals surface area contributed by atoms with Gasteiger partial charge < -0.3 is 19.3 Å². The quantitative estimate of drug-likeness (QED) is 0.795. The van der Waals surface area contributed by atoms with Gasteiger partial charge in [0.05, 0.1) is 19.3 Å². The molecule has 7 heteroatoms. The van der Waals surface area contributed by atoms with Crippen molar-refractivity contribution in [2.24, 2.45) is 5.92 Å². The maximum Gasteiger partial charge on any atom is 0.410 e. The fourth-order valence-corrected chi connectivity index (χ4v) is 2.97. The van der Waals surface area contributed by atoms with Crippen molar-refractivity contribution in [3.8, 4) is 0 Å². The van der Waals surface area contributed by atoms with Gasteiger partial charge in [-0.1, -0.05) is 0 Å². The van der Waals surface area contributed by atoms with Gasteiger partial charge in [0.1, 0.15) is 5.60 Å². The molecule has 2 atom stereocenters. The topological polar surface area (TPSA) is 59.1 Å². The summed E-state index contributed by atoms with van der Waals surface area (Å²) >= 11 is 4.26. The van der Waals surface area contributed by atoms with Gasteiger partial charge in [-0.25, -0.2) is 4.79 Å². The molecule has 0 aromatic carbocycles. The first-order chi connectivity index (χ1) is 10.3. The first-order valence-electron chi connectivity index (χ1n) is 7.76. The van der Waals surface area contributed by atoms with Crippen LogP contribution < -0.4 is 0 Å². The molecule has 2 aliphatic rings. The van der Waals surface area contributed by atoms with E-state index >= 15 is 0 Å². The summed E-state index contributed by atoms with van der Waals surface area (Å²) in [7, 11) is 0. The van der Waals surface area contributed by atoms with Crippen LogP contribution in [-0.2, 0) is 14.3 Å². The van der Waals surface area contributed by atoms with E-state index in [1.54, 1.807) is 4.90 Å². The van der Waals surface area contributed by atoms with Crippen LogP contribution in [0.4, 0.5) is 4.79 Å². The van der Waals surface area contributed by atoms with E-state index in [0.29, 0.717) is 38.6 Å². The molecule has 0 aromatic rings. The number of carbonyl (C=O) groups is 2. The van der Waals surface area contributed by atoms with Crippen molar-refractivity contribution in [1.29, 1.82) is 0 Å². The molecule has 2 saturated heterocycles. The molecule has 0 spiro atoms. The summed E-state index contributed by atoms with van der Waals surface area (Å²) in [6, 6.07) is 0. The second kappa shape index (κ2) is 7.08. The Balaban J connectivity index is 1.86. The lowest BCUT2D eigenvalue weighted by molar-refractivity contribution is -0.130. The number of ether oxygens (including phenoxy) is 2. The number of rotatable bonds is 3. The van der Waals surface area contributed by atoms with E-state index in [9.17, 15) is 9.59 Å². The summed E-state index contributed by atoms with van der Waals surface area (Å²) < 4.78 is 11.1. The highest BCUT2D eigenvalue weighted by molar-refractivity contribution is 7.80. The van der Waals surface area contributed by atoms with Gasteiger partial charge in [0.15, 0.2) is 0 Å². The van der Waals surface area contributed by atoms with Gasteiger partial charge in [-0.15, -0.1) is 0 Å². The first-order valence-corrected chi connectivity index (χ1v) is 8.40. The molecule has 2 heterocycles. The zero-order valence-corrected chi connectivity index (χ0v) is 14.5. The van der Waals surface area contributed by atoms with Gasteiger partial charge >= 0.3 is 6.09 Å². The normalized spacial score (nSPS) is 26.5. The fraction of sp³-hybridized carbons (Fsp3) is 0.867. The molecule has 0 bridgehead atoms. The Morgan fingerprint density at radius 1 is 1.41 bits per heavy atom. The van der Waals surface area contributed by atoms with Crippen molar-refractivity contribution in [2.45, 2.75) is 38.9 Å². The van der Waals surface area contributed by atoms with Crippen LogP contribution in [-0.4, -0.2) is 72.0 Å². The van der Waals surface area contributed by atoms with Crippen LogP contribution in [0.15, 0.2) is 0 Å². The summed E-state index contributed by atoms with van der Waals surface area (Å²) in [4.78, 5) is 27.6. The van der Waals surface area contributed by atoms with Crippen molar-refractivity contribution < 1.29 is 19.1 Å². The van der Waals surface area contributed by atoms with Crippen molar-refractivity contribution in [1.82, 2.24) is 9.80 Å². The standard InChI is InChI=1S/C15H26N2O4S/c1-15(2,3)21-14(19)16-4-5-20-12(8-16)9-17-7-11(10-22)6-13(17)18/h11-12,22H,4-10H2,1-3H3/t11?,12-/m0/s1. The summed E-state index contributed by atoms with van der Waals surface area (Å²) in [6.45, 7) is 8.28. The third kappa shape index (κ3) is 4.78. The Morgan fingerprint density at radius 3 is 2.73 bits per heavy atom. The summed E-state index contributed by atoms with van der Waals surface area (Å²) in [5.41, 5.74) is -0.504. The molecule has 2 amide bonds. The van der Waals surface area contributed by atoms with E-state index in [1.807, 2.05) is 25.7 Å². The Bertz CT molecular complexity index is 424. The molecule has 0 aliphatic carbocycles. The highest BCUT2D eigenvalue weighted by atomic mass is 32.1. The number of nitrogens with zero attached hydrogens (tertiary/aromatic N) is 2. The van der Waals surface area contributed by atoms with E-state index < -0.39 is 5.60 Å². The zero-order chi connectivity index (χ0) is 16.3. The Hall–Kier alpha value is -0.950. The lowest BCUT2D eigenvalue weighted by Gasteiger charge is -2.35. The smallest absolute Gasteiger partial charge is 0.410 e. The SMILES string of the molecule is CC(C)(C)OC(=O)N1CCO[C@H](CN2CC(CS)CC2=O)C1. The Morgan fingerprint density at radius 2 is 2.14 bits per heavy atom. The van der Waals surface area contributed by atoms with Crippen LogP contribution >= 0.6 is 12.6 Å². The van der Waals surface area contributed by atoms with Crippen molar-refractivity contribution in [2.75, 3.05) is 38.5 Å². The second-order valence-corrected chi connectivity index (χ2v) is 7.34. The number of thiol groups is 1. The number of hydrogen-bond acceptors (Lipinski definition) is 5. The van der Waals surface area contributed by atoms with Crippen LogP contribution in [0.2, 0.25) is 0 Å². The molecular weight excluding hydrogens is 304 g/mol. The van der Waals surface area contributed by atoms with E-state index in [2.05, 4.69) is 12.6 Å². The van der Waals surface area contributed by atoms with Gasteiger partial charge in [-0.3, -0.25) is 4.79 Å². The zero-order valence-electron chi connectivity index (χ0n) is 13.6. The summed E-state index contributed by atoms with van der Waals surface area (Å²) in [5, 5.41) is 0. The number of amides is 2. The van der Waals surface area contributed by atoms with Gasteiger partial charge in [0.2, 0.25) is 5.91 Å². The Labute approximate surface area is 137 Å². The van der Waals surface area contributed by atoms with Crippen molar-refractivity contribution in [3.05, 3.63) is 0 Å². The lowest BCUT2D eigenvalue weighted by atomic mass is 10.1. The molecule has 0 radical (unpaired) electrons. The molecule has 126 valence electrons. The van der Waals surface area contributed by atoms with Crippen LogP contribution in [0.3, 0.4) is 0 Å². The molecule has 0 N–H and O–H groups in total. The predicted molar refractivity (Wildman–Crippen MR) is 86.1 cm³/mol. The monoisotopic (exact) mass is 330 g/mol. The molecule has 1 unspecified atom stereocenters. The second-order valence-electron chi connectivity index (χ2n) is 6.97. The third-order valence-corrected chi connectivity index (χ3v) is 4.28. The van der Waals surface area contributed by atoms with Gasteiger partial charge in [-0.2, -0.15) is 12.6 Å². The first kappa shape index (κ1) is 17.4. The third-order valence-electron chi connectivity index (χ3n) is 3.77.